The molecule has 2 rings (SSSR count). The van der Waals surface area contributed by atoms with Crippen molar-refractivity contribution in [1.29, 1.82) is 0 Å². The molecule has 0 atom stereocenters. The highest BCUT2D eigenvalue weighted by atomic mass is 16.5. The normalized spacial score (nSPS) is 14.3. The second-order valence-corrected chi connectivity index (χ2v) is 4.08. The molecule has 20 heavy (non-hydrogen) atoms. The molecule has 6 nitrogen and oxygen atoms in total. The van der Waals surface area contributed by atoms with Crippen LogP contribution in [-0.4, -0.2) is 43.4 Å². The summed E-state index contributed by atoms with van der Waals surface area (Å²) in [6.07, 6.45) is 1.10. The molecular weight excluding hydrogens is 262 g/mol. The number of hydrogen-bond acceptors (Lipinski definition) is 5. The minimum atomic E-state index is -0.613. The van der Waals surface area contributed by atoms with E-state index in [2.05, 4.69) is 4.74 Å². The van der Waals surface area contributed by atoms with E-state index in [4.69, 9.17) is 4.74 Å². The number of imide groups is 1. The Morgan fingerprint density at radius 3 is 2.10 bits per heavy atom. The summed E-state index contributed by atoms with van der Waals surface area (Å²) in [6, 6.07) is 6.56. The van der Waals surface area contributed by atoms with Crippen LogP contribution in [0, 0.1) is 0 Å². The fraction of sp³-hybridized carbons (Fsp3) is 0.214. The zero-order chi connectivity index (χ0) is 14.7. The first-order valence-electron chi connectivity index (χ1n) is 5.86. The standard InChI is InChI=1S/C14H13NO5/c1-19-9(7-12(16)20-2)8-15-13(17)10-5-3-4-6-11(10)14(15)18/h3-7H,8H2,1-2H3/b9-7-. The predicted molar refractivity (Wildman–Crippen MR) is 68.9 cm³/mol. The Morgan fingerprint density at radius 1 is 1.10 bits per heavy atom. The van der Waals surface area contributed by atoms with E-state index in [1.54, 1.807) is 24.3 Å². The van der Waals surface area contributed by atoms with Crippen molar-refractivity contribution in [2.75, 3.05) is 20.8 Å². The van der Waals surface area contributed by atoms with Gasteiger partial charge in [0, 0.05) is 0 Å². The lowest BCUT2D eigenvalue weighted by atomic mass is 10.1. The number of methoxy groups -OCH3 is 2. The van der Waals surface area contributed by atoms with Gasteiger partial charge in [-0.05, 0) is 12.1 Å². The van der Waals surface area contributed by atoms with Crippen molar-refractivity contribution in [3.63, 3.8) is 0 Å². The van der Waals surface area contributed by atoms with E-state index in [0.717, 1.165) is 11.0 Å². The molecule has 0 unspecified atom stereocenters. The fourth-order valence-corrected chi connectivity index (χ4v) is 1.90. The molecule has 6 heteroatoms. The van der Waals surface area contributed by atoms with Gasteiger partial charge in [0.1, 0.15) is 5.76 Å². The second-order valence-electron chi connectivity index (χ2n) is 4.08. The molecular formula is C14H13NO5. The lowest BCUT2D eigenvalue weighted by Crippen LogP contribution is -2.32. The average Bonchev–Trinajstić information content (AvgIpc) is 2.71. The summed E-state index contributed by atoms with van der Waals surface area (Å²) in [5, 5.41) is 0. The van der Waals surface area contributed by atoms with Crippen molar-refractivity contribution in [3.05, 3.63) is 47.2 Å². The number of carbonyl (C=O) groups excluding carboxylic acids is 3. The van der Waals surface area contributed by atoms with Crippen LogP contribution >= 0.6 is 0 Å². The Hall–Kier alpha value is -2.63. The maximum absolute atomic E-state index is 12.1. The largest absolute Gasteiger partial charge is 0.499 e. The van der Waals surface area contributed by atoms with Gasteiger partial charge in [-0.25, -0.2) is 4.79 Å². The Labute approximate surface area is 115 Å². The molecule has 1 aromatic carbocycles. The first kappa shape index (κ1) is 13.8. The lowest BCUT2D eigenvalue weighted by molar-refractivity contribution is -0.135. The maximum atomic E-state index is 12.1. The van der Waals surface area contributed by atoms with Gasteiger partial charge in [-0.3, -0.25) is 14.5 Å². The summed E-state index contributed by atoms with van der Waals surface area (Å²) in [5.74, 6) is -1.25. The summed E-state index contributed by atoms with van der Waals surface area (Å²) < 4.78 is 9.47. The highest BCUT2D eigenvalue weighted by Gasteiger charge is 2.35. The SMILES string of the molecule is COC(=O)/C=C(/CN1C(=O)c2ccccc2C1=O)OC. The molecule has 0 aliphatic carbocycles. The molecule has 1 aromatic rings. The van der Waals surface area contributed by atoms with E-state index in [1.165, 1.54) is 14.2 Å². The van der Waals surface area contributed by atoms with E-state index in [-0.39, 0.29) is 12.3 Å². The zero-order valence-electron chi connectivity index (χ0n) is 11.1. The second kappa shape index (κ2) is 5.56. The van der Waals surface area contributed by atoms with Gasteiger partial charge in [-0.15, -0.1) is 0 Å². The summed E-state index contributed by atoms with van der Waals surface area (Å²) >= 11 is 0. The molecule has 0 N–H and O–H groups in total. The monoisotopic (exact) mass is 275 g/mol. The van der Waals surface area contributed by atoms with Crippen LogP contribution in [-0.2, 0) is 14.3 Å². The maximum Gasteiger partial charge on any atom is 0.333 e. The molecule has 0 bridgehead atoms. The predicted octanol–water partition coefficient (Wildman–Crippen LogP) is 0.986. The highest BCUT2D eigenvalue weighted by Crippen LogP contribution is 2.23. The van der Waals surface area contributed by atoms with Crippen LogP contribution in [0.5, 0.6) is 0 Å². The van der Waals surface area contributed by atoms with Gasteiger partial charge in [-0.2, -0.15) is 0 Å². The Kier molecular flexibility index (Phi) is 3.84. The van der Waals surface area contributed by atoms with E-state index < -0.39 is 17.8 Å². The number of rotatable bonds is 4. The van der Waals surface area contributed by atoms with Crippen molar-refractivity contribution >= 4 is 17.8 Å². The third kappa shape index (κ3) is 2.40. The van der Waals surface area contributed by atoms with Crippen molar-refractivity contribution in [1.82, 2.24) is 4.90 Å². The number of nitrogens with zero attached hydrogens (tertiary/aromatic N) is 1. The van der Waals surface area contributed by atoms with Crippen LogP contribution in [0.15, 0.2) is 36.1 Å². The molecule has 2 amide bonds. The van der Waals surface area contributed by atoms with Gasteiger partial charge in [0.05, 0.1) is 38.0 Å². The average molecular weight is 275 g/mol. The van der Waals surface area contributed by atoms with E-state index in [9.17, 15) is 14.4 Å². The van der Waals surface area contributed by atoms with E-state index in [0.29, 0.717) is 11.1 Å². The number of carbonyl (C=O) groups is 3. The minimum Gasteiger partial charge on any atom is -0.499 e. The van der Waals surface area contributed by atoms with Crippen LogP contribution in [0.4, 0.5) is 0 Å². The molecule has 0 spiro atoms. The topological polar surface area (TPSA) is 72.9 Å². The zero-order valence-corrected chi connectivity index (χ0v) is 11.1. The van der Waals surface area contributed by atoms with Gasteiger partial charge >= 0.3 is 5.97 Å². The molecule has 0 radical (unpaired) electrons. The lowest BCUT2D eigenvalue weighted by Gasteiger charge is -2.15. The Balaban J connectivity index is 2.24. The van der Waals surface area contributed by atoms with Gasteiger partial charge < -0.3 is 9.47 Å². The summed E-state index contributed by atoms with van der Waals surface area (Å²) in [4.78, 5) is 36.4. The van der Waals surface area contributed by atoms with Gasteiger partial charge in [0.2, 0.25) is 0 Å². The van der Waals surface area contributed by atoms with Crippen molar-refractivity contribution in [3.8, 4) is 0 Å². The molecule has 0 saturated heterocycles. The van der Waals surface area contributed by atoms with Crippen molar-refractivity contribution < 1.29 is 23.9 Å². The third-order valence-corrected chi connectivity index (χ3v) is 2.93. The van der Waals surface area contributed by atoms with Gasteiger partial charge in [0.15, 0.2) is 0 Å². The highest BCUT2D eigenvalue weighted by molar-refractivity contribution is 6.21. The molecule has 0 saturated carbocycles. The quantitative estimate of drug-likeness (QED) is 0.354. The first-order valence-corrected chi connectivity index (χ1v) is 5.86. The number of fused-ring (bicyclic) bond motifs is 1. The third-order valence-electron chi connectivity index (χ3n) is 2.93. The number of amides is 2. The fourth-order valence-electron chi connectivity index (χ4n) is 1.90. The number of benzene rings is 1. The minimum absolute atomic E-state index is 0.113. The van der Waals surface area contributed by atoms with Crippen molar-refractivity contribution in [2.24, 2.45) is 0 Å². The van der Waals surface area contributed by atoms with Crippen LogP contribution in [0.1, 0.15) is 20.7 Å². The van der Waals surface area contributed by atoms with Crippen LogP contribution in [0.25, 0.3) is 0 Å². The Morgan fingerprint density at radius 2 is 1.65 bits per heavy atom. The van der Waals surface area contributed by atoms with Gasteiger partial charge in [-0.1, -0.05) is 12.1 Å². The smallest absolute Gasteiger partial charge is 0.333 e. The van der Waals surface area contributed by atoms with Crippen molar-refractivity contribution in [2.45, 2.75) is 0 Å². The summed E-state index contributed by atoms with van der Waals surface area (Å²) in [5.41, 5.74) is 0.706. The molecule has 1 aliphatic heterocycles. The molecule has 104 valence electrons. The first-order chi connectivity index (χ1) is 9.58. The summed E-state index contributed by atoms with van der Waals surface area (Å²) in [7, 11) is 2.58. The molecule has 1 heterocycles. The number of ether oxygens (including phenoxy) is 2. The van der Waals surface area contributed by atoms with E-state index in [1.807, 2.05) is 0 Å². The Bertz CT molecular complexity index is 570. The number of hydrogen-bond donors (Lipinski definition) is 0. The van der Waals surface area contributed by atoms with Crippen LogP contribution in [0.2, 0.25) is 0 Å². The number of esters is 1. The van der Waals surface area contributed by atoms with Gasteiger partial charge in [0.25, 0.3) is 11.8 Å². The van der Waals surface area contributed by atoms with E-state index >= 15 is 0 Å². The molecule has 0 fully saturated rings. The van der Waals surface area contributed by atoms with Crippen LogP contribution in [0.3, 0.4) is 0 Å². The van der Waals surface area contributed by atoms with Crippen LogP contribution < -0.4 is 0 Å². The molecule has 1 aliphatic rings. The molecule has 0 aromatic heterocycles. The summed E-state index contributed by atoms with van der Waals surface area (Å²) in [6.45, 7) is -0.113.